The average Bonchev–Trinajstić information content (AvgIpc) is 2.86. The third-order valence-corrected chi connectivity index (χ3v) is 4.40. The van der Waals surface area contributed by atoms with Crippen LogP contribution in [0.3, 0.4) is 0 Å². The second kappa shape index (κ2) is 5.85. The zero-order valence-electron chi connectivity index (χ0n) is 11.9. The molecule has 2 nitrogen and oxygen atoms in total. The number of nitrogens with two attached hydrogens (primary N) is 1. The number of benzene rings is 1. The summed E-state index contributed by atoms with van der Waals surface area (Å²) in [5, 5.41) is 0. The molecule has 0 spiro atoms. The Balaban J connectivity index is 2.21. The molecule has 1 aromatic carbocycles. The number of aryl methyl sites for hydroxylation is 2. The zero-order valence-corrected chi connectivity index (χ0v) is 11.9. The highest BCUT2D eigenvalue weighted by Crippen LogP contribution is 2.30. The SMILES string of the molecule is Cc1ccc(C(CN)N(C)C2CCCC2)c(C)c1. The van der Waals surface area contributed by atoms with Gasteiger partial charge in [-0.15, -0.1) is 0 Å². The number of rotatable bonds is 4. The normalized spacial score (nSPS) is 18.5. The number of likely N-dealkylation sites (N-methyl/N-ethyl adjacent to an activating group) is 1. The van der Waals surface area contributed by atoms with Crippen molar-refractivity contribution in [1.29, 1.82) is 0 Å². The Labute approximate surface area is 111 Å². The molecule has 0 radical (unpaired) electrons. The minimum atomic E-state index is 0.369. The summed E-state index contributed by atoms with van der Waals surface area (Å²) in [5.74, 6) is 0. The second-order valence-corrected chi connectivity index (χ2v) is 5.72. The van der Waals surface area contributed by atoms with E-state index >= 15 is 0 Å². The van der Waals surface area contributed by atoms with Crippen LogP contribution in [-0.4, -0.2) is 24.5 Å². The molecule has 2 heteroatoms. The molecule has 1 aliphatic rings. The topological polar surface area (TPSA) is 29.3 Å². The molecule has 100 valence electrons. The van der Waals surface area contributed by atoms with Crippen LogP contribution in [-0.2, 0) is 0 Å². The number of hydrogen-bond donors (Lipinski definition) is 1. The predicted octanol–water partition coefficient (Wildman–Crippen LogP) is 3.18. The average molecular weight is 246 g/mol. The van der Waals surface area contributed by atoms with E-state index in [1.54, 1.807) is 0 Å². The van der Waals surface area contributed by atoms with Gasteiger partial charge in [-0.2, -0.15) is 0 Å². The van der Waals surface area contributed by atoms with Crippen molar-refractivity contribution < 1.29 is 0 Å². The van der Waals surface area contributed by atoms with E-state index in [2.05, 4.69) is 44.0 Å². The van der Waals surface area contributed by atoms with E-state index in [1.165, 1.54) is 42.4 Å². The van der Waals surface area contributed by atoms with Crippen molar-refractivity contribution in [3.8, 4) is 0 Å². The summed E-state index contributed by atoms with van der Waals surface area (Å²) in [6.07, 6.45) is 5.41. The van der Waals surface area contributed by atoms with Crippen LogP contribution in [0.2, 0.25) is 0 Å². The van der Waals surface area contributed by atoms with Gasteiger partial charge in [-0.05, 0) is 44.9 Å². The van der Waals surface area contributed by atoms with Crippen LogP contribution >= 0.6 is 0 Å². The zero-order chi connectivity index (χ0) is 13.1. The van der Waals surface area contributed by atoms with Gasteiger partial charge in [-0.25, -0.2) is 0 Å². The van der Waals surface area contributed by atoms with Crippen LogP contribution in [0, 0.1) is 13.8 Å². The smallest absolute Gasteiger partial charge is 0.0472 e. The lowest BCUT2D eigenvalue weighted by atomic mass is 9.97. The van der Waals surface area contributed by atoms with Crippen molar-refractivity contribution in [2.24, 2.45) is 5.73 Å². The van der Waals surface area contributed by atoms with Crippen LogP contribution < -0.4 is 5.73 Å². The first-order valence-corrected chi connectivity index (χ1v) is 7.12. The Morgan fingerprint density at radius 3 is 2.50 bits per heavy atom. The van der Waals surface area contributed by atoms with E-state index in [1.807, 2.05) is 0 Å². The Morgan fingerprint density at radius 1 is 1.28 bits per heavy atom. The van der Waals surface area contributed by atoms with Gasteiger partial charge in [0.1, 0.15) is 0 Å². The first kappa shape index (κ1) is 13.6. The van der Waals surface area contributed by atoms with Gasteiger partial charge in [-0.3, -0.25) is 4.90 Å². The van der Waals surface area contributed by atoms with Crippen LogP contribution in [0.1, 0.15) is 48.4 Å². The molecule has 1 atom stereocenters. The quantitative estimate of drug-likeness (QED) is 0.884. The van der Waals surface area contributed by atoms with E-state index in [-0.39, 0.29) is 0 Å². The van der Waals surface area contributed by atoms with Gasteiger partial charge in [0.2, 0.25) is 0 Å². The molecule has 1 unspecified atom stereocenters. The maximum Gasteiger partial charge on any atom is 0.0472 e. The van der Waals surface area contributed by atoms with Crippen molar-refractivity contribution in [3.05, 3.63) is 34.9 Å². The molecule has 0 bridgehead atoms. The molecule has 2 N–H and O–H groups in total. The van der Waals surface area contributed by atoms with Crippen molar-refractivity contribution in [1.82, 2.24) is 4.90 Å². The monoisotopic (exact) mass is 246 g/mol. The van der Waals surface area contributed by atoms with Gasteiger partial charge >= 0.3 is 0 Å². The van der Waals surface area contributed by atoms with Gasteiger partial charge in [-0.1, -0.05) is 36.6 Å². The summed E-state index contributed by atoms with van der Waals surface area (Å²) in [6, 6.07) is 7.81. The summed E-state index contributed by atoms with van der Waals surface area (Å²) in [6.45, 7) is 5.05. The van der Waals surface area contributed by atoms with Crippen LogP contribution in [0.25, 0.3) is 0 Å². The summed E-state index contributed by atoms with van der Waals surface area (Å²) in [4.78, 5) is 2.50. The minimum Gasteiger partial charge on any atom is -0.329 e. The molecule has 1 fully saturated rings. The van der Waals surface area contributed by atoms with Crippen molar-refractivity contribution >= 4 is 0 Å². The molecule has 0 amide bonds. The highest BCUT2D eigenvalue weighted by atomic mass is 15.2. The van der Waals surface area contributed by atoms with E-state index in [4.69, 9.17) is 5.73 Å². The third-order valence-electron chi connectivity index (χ3n) is 4.40. The molecule has 0 heterocycles. The molecule has 2 rings (SSSR count). The van der Waals surface area contributed by atoms with E-state index in [0.29, 0.717) is 12.6 Å². The molecule has 1 aromatic rings. The van der Waals surface area contributed by atoms with Gasteiger partial charge in [0.15, 0.2) is 0 Å². The van der Waals surface area contributed by atoms with E-state index in [9.17, 15) is 0 Å². The molecular weight excluding hydrogens is 220 g/mol. The first-order chi connectivity index (χ1) is 8.63. The highest BCUT2D eigenvalue weighted by molar-refractivity contribution is 5.33. The molecule has 1 aliphatic carbocycles. The molecule has 1 saturated carbocycles. The second-order valence-electron chi connectivity index (χ2n) is 5.72. The van der Waals surface area contributed by atoms with Crippen LogP contribution in [0.4, 0.5) is 0 Å². The Bertz CT molecular complexity index is 394. The fraction of sp³-hybridized carbons (Fsp3) is 0.625. The maximum absolute atomic E-state index is 6.04. The van der Waals surface area contributed by atoms with Gasteiger partial charge in [0, 0.05) is 18.6 Å². The predicted molar refractivity (Wildman–Crippen MR) is 77.7 cm³/mol. The fourth-order valence-electron chi connectivity index (χ4n) is 3.28. The van der Waals surface area contributed by atoms with Crippen molar-refractivity contribution in [3.63, 3.8) is 0 Å². The van der Waals surface area contributed by atoms with Crippen molar-refractivity contribution in [2.75, 3.05) is 13.6 Å². The summed E-state index contributed by atoms with van der Waals surface area (Å²) >= 11 is 0. The lowest BCUT2D eigenvalue weighted by molar-refractivity contribution is 0.179. The van der Waals surface area contributed by atoms with Crippen LogP contribution in [0.15, 0.2) is 18.2 Å². The molecule has 18 heavy (non-hydrogen) atoms. The molecule has 0 saturated heterocycles. The highest BCUT2D eigenvalue weighted by Gasteiger charge is 2.26. The number of hydrogen-bond acceptors (Lipinski definition) is 2. The molecular formula is C16H26N2. The number of nitrogens with zero attached hydrogens (tertiary/aromatic N) is 1. The molecule has 0 aliphatic heterocycles. The lowest BCUT2D eigenvalue weighted by Gasteiger charge is -2.33. The summed E-state index contributed by atoms with van der Waals surface area (Å²) in [7, 11) is 2.24. The first-order valence-electron chi connectivity index (χ1n) is 7.12. The van der Waals surface area contributed by atoms with Gasteiger partial charge < -0.3 is 5.73 Å². The summed E-state index contributed by atoms with van der Waals surface area (Å²) in [5.41, 5.74) is 10.1. The van der Waals surface area contributed by atoms with Crippen molar-refractivity contribution in [2.45, 2.75) is 51.6 Å². The van der Waals surface area contributed by atoms with Gasteiger partial charge in [0.25, 0.3) is 0 Å². The largest absolute Gasteiger partial charge is 0.329 e. The fourth-order valence-corrected chi connectivity index (χ4v) is 3.28. The minimum absolute atomic E-state index is 0.369. The van der Waals surface area contributed by atoms with E-state index < -0.39 is 0 Å². The standard InChI is InChI=1S/C16H26N2/c1-12-8-9-15(13(2)10-12)16(11-17)18(3)14-6-4-5-7-14/h8-10,14,16H,4-7,11,17H2,1-3H3. The molecule has 0 aromatic heterocycles. The maximum atomic E-state index is 6.04. The third kappa shape index (κ3) is 2.76. The lowest BCUT2D eigenvalue weighted by Crippen LogP contribution is -2.37. The van der Waals surface area contributed by atoms with E-state index in [0.717, 1.165) is 6.04 Å². The Kier molecular flexibility index (Phi) is 4.41. The summed E-state index contributed by atoms with van der Waals surface area (Å²) < 4.78 is 0. The van der Waals surface area contributed by atoms with Gasteiger partial charge in [0.05, 0.1) is 0 Å². The Morgan fingerprint density at radius 2 is 1.94 bits per heavy atom. The Hall–Kier alpha value is -0.860. The van der Waals surface area contributed by atoms with Crippen LogP contribution in [0.5, 0.6) is 0 Å².